The predicted octanol–water partition coefficient (Wildman–Crippen LogP) is 0.335. The average Bonchev–Trinajstić information content (AvgIpc) is 2.17. The van der Waals surface area contributed by atoms with Gasteiger partial charge in [-0.1, -0.05) is 6.08 Å². The number of carbonyl (C=O) groups is 1. The van der Waals surface area contributed by atoms with Crippen LogP contribution >= 0.6 is 0 Å². The molecule has 1 N–H and O–H groups in total. The summed E-state index contributed by atoms with van der Waals surface area (Å²) in [6.07, 6.45) is 4.00. The number of nitrogens with zero attached hydrogens (tertiary/aromatic N) is 1. The molecule has 1 aromatic rings. The Morgan fingerprint density at radius 2 is 2.20 bits per heavy atom. The summed E-state index contributed by atoms with van der Waals surface area (Å²) >= 11 is 0. The number of carboxylic acid groups (broad SMARTS) is 1. The maximum Gasteiger partial charge on any atom is 0.326 e. The maximum atomic E-state index is 11.8. The van der Waals surface area contributed by atoms with Crippen LogP contribution in [-0.2, 0) is 14.6 Å². The fraction of sp³-hybridized carbons (Fsp3) is 0.111. The molecule has 0 bridgehead atoms. The second-order valence-electron chi connectivity index (χ2n) is 3.05. The Bertz CT molecular complexity index is 547. The lowest BCUT2D eigenvalue weighted by molar-refractivity contribution is -0.135. The van der Waals surface area contributed by atoms with Crippen molar-refractivity contribution in [3.8, 4) is 0 Å². The van der Waals surface area contributed by atoms with Crippen molar-refractivity contribution in [2.45, 2.75) is 10.1 Å². The van der Waals surface area contributed by atoms with E-state index in [0.29, 0.717) is 0 Å². The van der Waals surface area contributed by atoms with Gasteiger partial charge in [0.05, 0.1) is 10.6 Å². The molecule has 0 spiro atoms. The number of pyridine rings is 1. The smallest absolute Gasteiger partial charge is 0.326 e. The number of carboxylic acids is 1. The van der Waals surface area contributed by atoms with Crippen LogP contribution in [0.15, 0.2) is 29.3 Å². The third kappa shape index (κ3) is 1.42. The molecule has 1 aliphatic heterocycles. The Labute approximate surface area is 86.0 Å². The Morgan fingerprint density at radius 3 is 2.87 bits per heavy atom. The van der Waals surface area contributed by atoms with E-state index in [-0.39, 0.29) is 10.6 Å². The fourth-order valence-electron chi connectivity index (χ4n) is 1.40. The number of sulfone groups is 1. The lowest BCUT2D eigenvalue weighted by Gasteiger charge is -2.15. The van der Waals surface area contributed by atoms with Gasteiger partial charge in [-0.25, -0.2) is 8.42 Å². The van der Waals surface area contributed by atoms with Crippen molar-refractivity contribution in [1.29, 1.82) is 0 Å². The highest BCUT2D eigenvalue weighted by atomic mass is 32.2. The standard InChI is InChI=1S/C9H7NO4S/c11-9(12)8-4-3-6-7(15(8,13)14)2-1-5-10-6/h1-5,8H,(H,11,12). The van der Waals surface area contributed by atoms with E-state index in [1.807, 2.05) is 0 Å². The minimum absolute atomic E-state index is 0.0279. The fourth-order valence-corrected chi connectivity index (χ4v) is 2.91. The molecule has 0 amide bonds. The number of fused-ring (bicyclic) bond motifs is 1. The number of aromatic nitrogens is 1. The molecular weight excluding hydrogens is 218 g/mol. The van der Waals surface area contributed by atoms with Gasteiger partial charge in [-0.15, -0.1) is 0 Å². The molecule has 15 heavy (non-hydrogen) atoms. The minimum Gasteiger partial charge on any atom is -0.480 e. The molecule has 0 aliphatic carbocycles. The molecule has 0 aromatic carbocycles. The topological polar surface area (TPSA) is 84.3 Å². The molecule has 6 heteroatoms. The summed E-state index contributed by atoms with van der Waals surface area (Å²) in [5.74, 6) is -1.37. The van der Waals surface area contributed by atoms with E-state index in [4.69, 9.17) is 5.11 Å². The van der Waals surface area contributed by atoms with Crippen LogP contribution in [0.3, 0.4) is 0 Å². The van der Waals surface area contributed by atoms with Gasteiger partial charge in [-0.2, -0.15) is 0 Å². The van der Waals surface area contributed by atoms with E-state index < -0.39 is 21.1 Å². The molecule has 1 atom stereocenters. The summed E-state index contributed by atoms with van der Waals surface area (Å²) in [7, 11) is -3.83. The highest BCUT2D eigenvalue weighted by molar-refractivity contribution is 7.93. The van der Waals surface area contributed by atoms with Crippen LogP contribution in [0.4, 0.5) is 0 Å². The van der Waals surface area contributed by atoms with Crippen LogP contribution in [0.25, 0.3) is 6.08 Å². The van der Waals surface area contributed by atoms with Crippen LogP contribution in [0.2, 0.25) is 0 Å². The van der Waals surface area contributed by atoms with Gasteiger partial charge in [0.1, 0.15) is 0 Å². The summed E-state index contributed by atoms with van der Waals surface area (Å²) < 4.78 is 23.5. The normalized spacial score (nSPS) is 22.0. The van der Waals surface area contributed by atoms with Gasteiger partial charge in [-0.3, -0.25) is 9.78 Å². The molecule has 0 radical (unpaired) electrons. The molecule has 1 aliphatic rings. The lowest BCUT2D eigenvalue weighted by Crippen LogP contribution is -2.30. The van der Waals surface area contributed by atoms with Gasteiger partial charge in [0.2, 0.25) is 0 Å². The van der Waals surface area contributed by atoms with Gasteiger partial charge in [0, 0.05) is 6.20 Å². The average molecular weight is 225 g/mol. The number of aliphatic carboxylic acids is 1. The van der Waals surface area contributed by atoms with Crippen molar-refractivity contribution in [2.24, 2.45) is 0 Å². The van der Waals surface area contributed by atoms with Crippen molar-refractivity contribution < 1.29 is 18.3 Å². The van der Waals surface area contributed by atoms with Gasteiger partial charge in [0.15, 0.2) is 15.1 Å². The van der Waals surface area contributed by atoms with E-state index in [1.54, 1.807) is 0 Å². The van der Waals surface area contributed by atoms with Crippen LogP contribution < -0.4 is 0 Å². The summed E-state index contributed by atoms with van der Waals surface area (Å²) in [5, 5.41) is 7.24. The van der Waals surface area contributed by atoms with Gasteiger partial charge >= 0.3 is 5.97 Å². The zero-order valence-electron chi connectivity index (χ0n) is 7.49. The van der Waals surface area contributed by atoms with E-state index in [0.717, 1.165) is 6.08 Å². The molecule has 78 valence electrons. The SMILES string of the molecule is O=C(O)C1C=Cc2ncccc2S1(=O)=O. The summed E-state index contributed by atoms with van der Waals surface area (Å²) in [5.41, 5.74) is 0.287. The number of rotatable bonds is 1. The first-order chi connectivity index (χ1) is 7.03. The Balaban J connectivity index is 2.68. The molecular formula is C9H7NO4S. The van der Waals surface area contributed by atoms with Crippen LogP contribution in [0.1, 0.15) is 5.69 Å². The van der Waals surface area contributed by atoms with Crippen molar-refractivity contribution in [3.05, 3.63) is 30.1 Å². The Morgan fingerprint density at radius 1 is 1.47 bits per heavy atom. The van der Waals surface area contributed by atoms with Gasteiger partial charge in [-0.05, 0) is 18.2 Å². The zero-order valence-corrected chi connectivity index (χ0v) is 8.31. The third-order valence-corrected chi connectivity index (χ3v) is 4.10. The molecule has 1 unspecified atom stereocenters. The Kier molecular flexibility index (Phi) is 2.08. The predicted molar refractivity (Wildman–Crippen MR) is 51.9 cm³/mol. The van der Waals surface area contributed by atoms with Crippen LogP contribution in [0, 0.1) is 0 Å². The van der Waals surface area contributed by atoms with Crippen LogP contribution in [0.5, 0.6) is 0 Å². The van der Waals surface area contributed by atoms with Crippen molar-refractivity contribution in [3.63, 3.8) is 0 Å². The molecule has 0 saturated heterocycles. The largest absolute Gasteiger partial charge is 0.480 e. The Hall–Kier alpha value is -1.69. The van der Waals surface area contributed by atoms with E-state index in [2.05, 4.69) is 4.98 Å². The van der Waals surface area contributed by atoms with Crippen molar-refractivity contribution in [1.82, 2.24) is 4.98 Å². The lowest BCUT2D eigenvalue weighted by atomic mass is 10.3. The van der Waals surface area contributed by atoms with E-state index >= 15 is 0 Å². The van der Waals surface area contributed by atoms with Crippen LogP contribution in [-0.4, -0.2) is 29.7 Å². The maximum absolute atomic E-state index is 11.8. The summed E-state index contributed by atoms with van der Waals surface area (Å²) in [4.78, 5) is 14.6. The van der Waals surface area contributed by atoms with E-state index in [1.165, 1.54) is 24.4 Å². The molecule has 5 nitrogen and oxygen atoms in total. The third-order valence-electron chi connectivity index (χ3n) is 2.11. The molecule has 0 fully saturated rings. The highest BCUT2D eigenvalue weighted by Crippen LogP contribution is 2.25. The second-order valence-corrected chi connectivity index (χ2v) is 5.09. The van der Waals surface area contributed by atoms with Crippen molar-refractivity contribution in [2.75, 3.05) is 0 Å². The highest BCUT2D eigenvalue weighted by Gasteiger charge is 2.36. The molecule has 0 saturated carbocycles. The zero-order chi connectivity index (χ0) is 11.1. The summed E-state index contributed by atoms with van der Waals surface area (Å²) in [6, 6.07) is 2.82. The molecule has 2 rings (SSSR count). The van der Waals surface area contributed by atoms with E-state index in [9.17, 15) is 13.2 Å². The number of hydrogen-bond acceptors (Lipinski definition) is 4. The number of hydrogen-bond donors (Lipinski definition) is 1. The van der Waals surface area contributed by atoms with Crippen molar-refractivity contribution >= 4 is 21.9 Å². The first-order valence-corrected chi connectivity index (χ1v) is 5.68. The quantitative estimate of drug-likeness (QED) is 0.744. The molecule has 2 heterocycles. The molecule has 1 aromatic heterocycles. The monoisotopic (exact) mass is 225 g/mol. The minimum atomic E-state index is -3.83. The second kappa shape index (κ2) is 3.16. The first kappa shape index (κ1) is 9.85. The first-order valence-electron chi connectivity index (χ1n) is 4.13. The summed E-state index contributed by atoms with van der Waals surface area (Å²) in [6.45, 7) is 0. The van der Waals surface area contributed by atoms with Gasteiger partial charge in [0.25, 0.3) is 0 Å². The van der Waals surface area contributed by atoms with Gasteiger partial charge < -0.3 is 5.11 Å².